The summed E-state index contributed by atoms with van der Waals surface area (Å²) in [5.74, 6) is 0.444. The van der Waals surface area contributed by atoms with Gasteiger partial charge in [-0.3, -0.25) is 0 Å². The van der Waals surface area contributed by atoms with Gasteiger partial charge in [0, 0.05) is 0 Å². The van der Waals surface area contributed by atoms with Crippen molar-refractivity contribution in [2.75, 3.05) is 19.6 Å². The van der Waals surface area contributed by atoms with Gasteiger partial charge in [-0.25, -0.2) is 0 Å². The van der Waals surface area contributed by atoms with Crippen LogP contribution in [0.25, 0.3) is 0 Å². The average Bonchev–Trinajstić information content (AvgIpc) is 2.64. The smallest absolute Gasteiger partial charge is 0.0925 e. The van der Waals surface area contributed by atoms with Crippen molar-refractivity contribution in [3.8, 4) is 0 Å². The van der Waals surface area contributed by atoms with Crippen molar-refractivity contribution in [2.45, 2.75) is 69.8 Å². The Labute approximate surface area is 141 Å². The second-order valence-corrected chi connectivity index (χ2v) is 7.63. The molecule has 1 heterocycles. The van der Waals surface area contributed by atoms with E-state index in [4.69, 9.17) is 0 Å². The first-order chi connectivity index (χ1) is 11.3. The van der Waals surface area contributed by atoms with Crippen molar-refractivity contribution in [2.24, 2.45) is 5.92 Å². The van der Waals surface area contributed by atoms with Crippen molar-refractivity contribution in [3.05, 3.63) is 35.9 Å². The van der Waals surface area contributed by atoms with Crippen LogP contribution >= 0.6 is 0 Å². The Bertz CT molecular complexity index is 448. The van der Waals surface area contributed by atoms with Crippen molar-refractivity contribution in [3.63, 3.8) is 0 Å². The molecule has 1 aromatic carbocycles. The van der Waals surface area contributed by atoms with E-state index in [1.54, 1.807) is 0 Å². The minimum absolute atomic E-state index is 0.444. The van der Waals surface area contributed by atoms with Gasteiger partial charge < -0.3 is 10.0 Å². The molecule has 0 radical (unpaired) electrons. The molecular formula is C21H33NO. The normalized spacial score (nSPS) is 23.5. The van der Waals surface area contributed by atoms with Gasteiger partial charge in [0.05, 0.1) is 5.60 Å². The van der Waals surface area contributed by atoms with Crippen LogP contribution in [0.15, 0.2) is 30.3 Å². The van der Waals surface area contributed by atoms with Gasteiger partial charge in [-0.1, -0.05) is 56.0 Å². The number of hydrogen-bond donors (Lipinski definition) is 1. The van der Waals surface area contributed by atoms with Crippen LogP contribution in [0.5, 0.6) is 0 Å². The highest BCUT2D eigenvalue weighted by Crippen LogP contribution is 2.42. The molecule has 2 fully saturated rings. The van der Waals surface area contributed by atoms with Gasteiger partial charge in [-0.15, -0.1) is 0 Å². The summed E-state index contributed by atoms with van der Waals surface area (Å²) in [6.45, 7) is 3.67. The largest absolute Gasteiger partial charge is 0.385 e. The van der Waals surface area contributed by atoms with Crippen LogP contribution in [0.3, 0.4) is 0 Å². The fourth-order valence-corrected chi connectivity index (χ4v) is 4.65. The average molecular weight is 316 g/mol. The quantitative estimate of drug-likeness (QED) is 0.821. The Hall–Kier alpha value is -0.860. The van der Waals surface area contributed by atoms with Crippen molar-refractivity contribution < 1.29 is 5.11 Å². The first kappa shape index (κ1) is 17.0. The van der Waals surface area contributed by atoms with Crippen LogP contribution in [0.4, 0.5) is 0 Å². The van der Waals surface area contributed by atoms with Crippen LogP contribution in [0.2, 0.25) is 0 Å². The molecule has 0 amide bonds. The van der Waals surface area contributed by atoms with Gasteiger partial charge in [-0.2, -0.15) is 0 Å². The van der Waals surface area contributed by atoms with Crippen molar-refractivity contribution >= 4 is 0 Å². The van der Waals surface area contributed by atoms with Crippen LogP contribution in [0, 0.1) is 5.92 Å². The lowest BCUT2D eigenvalue weighted by Gasteiger charge is -2.40. The number of aliphatic hydroxyl groups is 1. The molecule has 2 aliphatic rings. The van der Waals surface area contributed by atoms with Gasteiger partial charge in [0.2, 0.25) is 0 Å². The molecule has 2 heteroatoms. The van der Waals surface area contributed by atoms with E-state index in [-0.39, 0.29) is 0 Å². The molecule has 0 aromatic heterocycles. The molecule has 1 saturated heterocycles. The summed E-state index contributed by atoms with van der Waals surface area (Å²) in [7, 11) is 0. The Morgan fingerprint density at radius 1 is 0.913 bits per heavy atom. The molecule has 0 bridgehead atoms. The second kappa shape index (κ2) is 8.30. The summed E-state index contributed by atoms with van der Waals surface area (Å²) < 4.78 is 0. The minimum atomic E-state index is -0.614. The van der Waals surface area contributed by atoms with Gasteiger partial charge in [0.15, 0.2) is 0 Å². The molecule has 3 rings (SSSR count). The van der Waals surface area contributed by atoms with E-state index in [2.05, 4.69) is 35.2 Å². The highest BCUT2D eigenvalue weighted by Gasteiger charge is 2.38. The summed E-state index contributed by atoms with van der Waals surface area (Å²) in [5.41, 5.74) is 0.530. The van der Waals surface area contributed by atoms with E-state index in [1.165, 1.54) is 64.5 Å². The lowest BCUT2D eigenvalue weighted by molar-refractivity contribution is -0.0492. The highest BCUT2D eigenvalue weighted by atomic mass is 16.3. The topological polar surface area (TPSA) is 23.5 Å². The number of benzene rings is 1. The summed E-state index contributed by atoms with van der Waals surface area (Å²) in [5, 5.41) is 11.6. The summed E-state index contributed by atoms with van der Waals surface area (Å²) in [6.07, 6.45) is 12.4. The third kappa shape index (κ3) is 4.36. The lowest BCUT2D eigenvalue weighted by Crippen LogP contribution is -2.38. The van der Waals surface area contributed by atoms with E-state index < -0.39 is 5.60 Å². The zero-order valence-electron chi connectivity index (χ0n) is 14.6. The van der Waals surface area contributed by atoms with Gasteiger partial charge in [-0.05, 0) is 69.6 Å². The van der Waals surface area contributed by atoms with Crippen LogP contribution < -0.4 is 0 Å². The molecule has 0 unspecified atom stereocenters. The fourth-order valence-electron chi connectivity index (χ4n) is 4.65. The summed E-state index contributed by atoms with van der Waals surface area (Å²) >= 11 is 0. The van der Waals surface area contributed by atoms with Crippen molar-refractivity contribution in [1.82, 2.24) is 4.90 Å². The van der Waals surface area contributed by atoms with Crippen molar-refractivity contribution in [1.29, 1.82) is 0 Å². The Morgan fingerprint density at radius 2 is 1.57 bits per heavy atom. The summed E-state index contributed by atoms with van der Waals surface area (Å²) in [4.78, 5) is 2.59. The maximum absolute atomic E-state index is 11.6. The van der Waals surface area contributed by atoms with E-state index in [9.17, 15) is 5.11 Å². The van der Waals surface area contributed by atoms with E-state index in [0.29, 0.717) is 5.92 Å². The fraction of sp³-hybridized carbons (Fsp3) is 0.714. The minimum Gasteiger partial charge on any atom is -0.385 e. The Morgan fingerprint density at radius 3 is 2.26 bits per heavy atom. The Balaban J connectivity index is 1.64. The van der Waals surface area contributed by atoms with E-state index in [1.807, 2.05) is 0 Å². The van der Waals surface area contributed by atoms with Gasteiger partial charge in [0.25, 0.3) is 0 Å². The SMILES string of the molecule is O[C@](CCCN1CCCCC1)(c1ccccc1)C1CCCCC1. The number of likely N-dealkylation sites (tertiary alicyclic amines) is 1. The zero-order valence-corrected chi connectivity index (χ0v) is 14.6. The Kier molecular flexibility index (Phi) is 6.13. The molecule has 0 spiro atoms. The molecule has 2 nitrogen and oxygen atoms in total. The highest BCUT2D eigenvalue weighted by molar-refractivity contribution is 5.23. The summed E-state index contributed by atoms with van der Waals surface area (Å²) in [6, 6.07) is 10.5. The van der Waals surface area contributed by atoms with Crippen LogP contribution in [0.1, 0.15) is 69.8 Å². The first-order valence-electron chi connectivity index (χ1n) is 9.79. The molecular weight excluding hydrogens is 282 g/mol. The number of hydrogen-bond acceptors (Lipinski definition) is 2. The number of nitrogens with zero attached hydrogens (tertiary/aromatic N) is 1. The van der Waals surface area contributed by atoms with Gasteiger partial charge >= 0.3 is 0 Å². The third-order valence-corrected chi connectivity index (χ3v) is 6.04. The predicted molar refractivity (Wildman–Crippen MR) is 96.4 cm³/mol. The van der Waals surface area contributed by atoms with Crippen LogP contribution in [-0.4, -0.2) is 29.6 Å². The molecule has 1 N–H and O–H groups in total. The molecule has 1 aliphatic carbocycles. The molecule has 1 atom stereocenters. The molecule has 128 valence electrons. The van der Waals surface area contributed by atoms with E-state index >= 15 is 0 Å². The second-order valence-electron chi connectivity index (χ2n) is 7.63. The van der Waals surface area contributed by atoms with Gasteiger partial charge in [0.1, 0.15) is 0 Å². The zero-order chi connectivity index (χ0) is 16.0. The standard InChI is InChI=1S/C21H33NO/c23-21(19-11-4-1-5-12-19,20-13-6-2-7-14-20)15-10-18-22-16-8-3-9-17-22/h1,4-5,11-12,20,23H,2-3,6-10,13-18H2/t21-/m1/s1. The lowest BCUT2D eigenvalue weighted by atomic mass is 9.71. The molecule has 1 aromatic rings. The third-order valence-electron chi connectivity index (χ3n) is 6.04. The molecule has 1 saturated carbocycles. The maximum atomic E-state index is 11.6. The predicted octanol–water partition coefficient (Wildman–Crippen LogP) is 4.72. The van der Waals surface area contributed by atoms with E-state index in [0.717, 1.165) is 24.9 Å². The van der Waals surface area contributed by atoms with Crippen LogP contribution in [-0.2, 0) is 5.60 Å². The monoisotopic (exact) mass is 315 g/mol. The maximum Gasteiger partial charge on any atom is 0.0925 e. The number of rotatable bonds is 6. The first-order valence-corrected chi connectivity index (χ1v) is 9.79. The molecule has 23 heavy (non-hydrogen) atoms. The number of piperidine rings is 1. The molecule has 1 aliphatic heterocycles.